The van der Waals surface area contributed by atoms with Crippen molar-refractivity contribution in [3.8, 4) is 0 Å². The highest BCUT2D eigenvalue weighted by Crippen LogP contribution is 2.35. The van der Waals surface area contributed by atoms with Crippen LogP contribution in [0.5, 0.6) is 0 Å². The molecule has 15 rings (SSSR count). The van der Waals surface area contributed by atoms with Crippen molar-refractivity contribution in [2.75, 3.05) is 0 Å². The normalized spacial score (nSPS) is 10.4. The van der Waals surface area contributed by atoms with Gasteiger partial charge in [0.25, 0.3) is 0 Å². The van der Waals surface area contributed by atoms with Gasteiger partial charge in [0.2, 0.25) is 0 Å². The van der Waals surface area contributed by atoms with Gasteiger partial charge in [-0.1, -0.05) is 375 Å². The summed E-state index contributed by atoms with van der Waals surface area (Å²) >= 11 is 0. The van der Waals surface area contributed by atoms with Crippen LogP contribution in [0.25, 0.3) is 97.0 Å². The lowest BCUT2D eigenvalue weighted by molar-refractivity contribution is 0.469. The van der Waals surface area contributed by atoms with E-state index in [4.69, 9.17) is 0 Å². The zero-order valence-electron chi connectivity index (χ0n) is 54.9. The summed E-state index contributed by atoms with van der Waals surface area (Å²) < 4.78 is 0. The third kappa shape index (κ3) is 18.6. The standard InChI is InChI=1S/C19H14.2C15H12.2C11H10.C7H8.C5H12.C3H8.C2H6/c1-13-10-11-18-16-8-3-2-6-14(16)15-7-4-5-9-17(15)19(18)12-13;1-11-10-12-6-2-3-8-14(12)15-9-5-4-7-13(11)15;1-11-6-9-15-13(10-11)8-7-12-4-2-3-5-14(12)15;1-9-5-4-7-10-6-2-3-8-11(9)10;1-9-6-7-10-4-2-3-5-11(10)8-9;1-7-5-3-2-4-6-7;1-5(2,3)4;1-3-2;1-2/h2-12H,1H3;2*2-10H,1H3;2*2-8H,1H3;2-6H,1H3;1-4H3;3H2,1-2H3;1-2H3. The molecule has 0 amide bonds. The fourth-order valence-electron chi connectivity index (χ4n) is 10.6. The molecule has 0 aliphatic rings. The van der Waals surface area contributed by atoms with Crippen LogP contribution in [0.1, 0.15) is 95.2 Å². The smallest absolute Gasteiger partial charge is 0.00963 e. The first kappa shape index (κ1) is 66.2. The first-order chi connectivity index (χ1) is 42.6. The second-order valence-corrected chi connectivity index (χ2v) is 24.1. The molecule has 0 heterocycles. The van der Waals surface area contributed by atoms with Gasteiger partial charge in [-0.2, -0.15) is 0 Å². The minimum absolute atomic E-state index is 0.500. The zero-order valence-corrected chi connectivity index (χ0v) is 54.9. The van der Waals surface area contributed by atoms with Gasteiger partial charge in [0, 0.05) is 0 Å². The Bertz CT molecular complexity index is 4580. The van der Waals surface area contributed by atoms with E-state index in [1.165, 1.54) is 137 Å². The van der Waals surface area contributed by atoms with Crippen molar-refractivity contribution in [1.82, 2.24) is 0 Å². The van der Waals surface area contributed by atoms with Crippen molar-refractivity contribution >= 4 is 97.0 Å². The molecule has 0 aliphatic heterocycles. The second-order valence-electron chi connectivity index (χ2n) is 24.1. The number of hydrogen-bond acceptors (Lipinski definition) is 0. The maximum Gasteiger partial charge on any atom is -0.00963 e. The van der Waals surface area contributed by atoms with E-state index < -0.39 is 0 Å². The SMILES string of the molecule is CC.CC(C)(C)C.CCC.Cc1cc2ccccc2c2ccccc12.Cc1ccc2c(ccc3ccccc32)c1.Cc1ccc2c3ccccc3c3ccccc3c2c1.Cc1ccc2ccccc2c1.Cc1cccc2ccccc12.Cc1ccccc1. The lowest BCUT2D eigenvalue weighted by Gasteiger charge is -2.10. The summed E-state index contributed by atoms with van der Waals surface area (Å²) in [6, 6.07) is 103. The van der Waals surface area contributed by atoms with Gasteiger partial charge in [-0.25, -0.2) is 0 Å². The van der Waals surface area contributed by atoms with E-state index in [2.05, 4.69) is 356 Å². The van der Waals surface area contributed by atoms with E-state index in [0.717, 1.165) is 0 Å². The monoisotopic (exact) mass is 1150 g/mol. The summed E-state index contributed by atoms with van der Waals surface area (Å²) in [6.45, 7) is 29.8. The molecule has 0 saturated carbocycles. The number of hydrogen-bond donors (Lipinski definition) is 0. The Kier molecular flexibility index (Phi) is 24.8. The highest BCUT2D eigenvalue weighted by Gasteiger charge is 2.08. The lowest BCUT2D eigenvalue weighted by atomic mass is 9.93. The summed E-state index contributed by atoms with van der Waals surface area (Å²) in [4.78, 5) is 0. The number of rotatable bonds is 0. The van der Waals surface area contributed by atoms with E-state index in [0.29, 0.717) is 5.41 Å². The van der Waals surface area contributed by atoms with E-state index in [9.17, 15) is 0 Å². The van der Waals surface area contributed by atoms with Crippen molar-refractivity contribution in [1.29, 1.82) is 0 Å². The van der Waals surface area contributed by atoms with Crippen LogP contribution >= 0.6 is 0 Å². The number of aryl methyl sites for hydroxylation is 6. The Morgan fingerprint density at radius 2 is 0.500 bits per heavy atom. The molecule has 15 aromatic carbocycles. The molecule has 0 bridgehead atoms. The summed E-state index contributed by atoms with van der Waals surface area (Å²) in [5.74, 6) is 0. The summed E-state index contributed by atoms with van der Waals surface area (Å²) in [5.41, 5.74) is 8.48. The van der Waals surface area contributed by atoms with E-state index in [1.807, 2.05) is 32.0 Å². The van der Waals surface area contributed by atoms with Gasteiger partial charge in [0.15, 0.2) is 0 Å². The Morgan fingerprint density at radius 1 is 0.205 bits per heavy atom. The zero-order chi connectivity index (χ0) is 63.0. The Morgan fingerprint density at radius 3 is 1.01 bits per heavy atom. The van der Waals surface area contributed by atoms with Crippen LogP contribution in [-0.2, 0) is 0 Å². The largest absolute Gasteiger partial charge is 0.0683 e. The highest BCUT2D eigenvalue weighted by molar-refractivity contribution is 6.25. The molecule has 0 radical (unpaired) electrons. The highest BCUT2D eigenvalue weighted by atomic mass is 14.1. The van der Waals surface area contributed by atoms with Crippen molar-refractivity contribution < 1.29 is 0 Å². The van der Waals surface area contributed by atoms with Crippen molar-refractivity contribution in [2.24, 2.45) is 5.41 Å². The van der Waals surface area contributed by atoms with Gasteiger partial charge in [-0.05, 0) is 155 Å². The first-order valence-corrected chi connectivity index (χ1v) is 31.6. The van der Waals surface area contributed by atoms with Gasteiger partial charge in [-0.3, -0.25) is 0 Å². The predicted molar refractivity (Wildman–Crippen MR) is 397 cm³/mol. The van der Waals surface area contributed by atoms with E-state index >= 15 is 0 Å². The molecule has 444 valence electrons. The molecule has 0 aromatic heterocycles. The van der Waals surface area contributed by atoms with Crippen LogP contribution in [0.3, 0.4) is 0 Å². The Labute approximate surface area is 527 Å². The van der Waals surface area contributed by atoms with Gasteiger partial charge in [-0.15, -0.1) is 0 Å². The molecular formula is C88H92. The summed E-state index contributed by atoms with van der Waals surface area (Å²) in [5, 5.41) is 24.1. The van der Waals surface area contributed by atoms with Gasteiger partial charge in [0.1, 0.15) is 0 Å². The van der Waals surface area contributed by atoms with Crippen LogP contribution in [0.2, 0.25) is 0 Å². The van der Waals surface area contributed by atoms with Crippen molar-refractivity contribution in [3.63, 3.8) is 0 Å². The molecule has 0 N–H and O–H groups in total. The van der Waals surface area contributed by atoms with Crippen LogP contribution in [0.15, 0.2) is 291 Å². The second kappa shape index (κ2) is 33.0. The fraction of sp³-hybridized carbons (Fsp3) is 0.182. The quantitative estimate of drug-likeness (QED) is 0.133. The van der Waals surface area contributed by atoms with Crippen molar-refractivity contribution in [3.05, 3.63) is 325 Å². The minimum atomic E-state index is 0.500. The predicted octanol–water partition coefficient (Wildman–Crippen LogP) is 26.8. The fourth-order valence-corrected chi connectivity index (χ4v) is 10.6. The van der Waals surface area contributed by atoms with E-state index in [1.54, 1.807) is 0 Å². The third-order valence-corrected chi connectivity index (χ3v) is 14.6. The summed E-state index contributed by atoms with van der Waals surface area (Å²) in [7, 11) is 0. The minimum Gasteiger partial charge on any atom is -0.0683 e. The maximum atomic E-state index is 2.30. The molecule has 0 aliphatic carbocycles. The van der Waals surface area contributed by atoms with Gasteiger partial charge >= 0.3 is 0 Å². The molecule has 15 aromatic rings. The molecule has 0 heteroatoms. The van der Waals surface area contributed by atoms with E-state index in [-0.39, 0.29) is 0 Å². The molecule has 88 heavy (non-hydrogen) atoms. The number of benzene rings is 15. The van der Waals surface area contributed by atoms with Crippen LogP contribution in [-0.4, -0.2) is 0 Å². The molecule has 0 nitrogen and oxygen atoms in total. The molecular weight excluding hydrogens is 1060 g/mol. The Balaban J connectivity index is 0.000000149. The average molecular weight is 1150 g/mol. The van der Waals surface area contributed by atoms with Crippen molar-refractivity contribution in [2.45, 2.75) is 103 Å². The average Bonchev–Trinajstić information content (AvgIpc) is 2.75. The van der Waals surface area contributed by atoms with Gasteiger partial charge in [0.05, 0.1) is 0 Å². The van der Waals surface area contributed by atoms with Crippen LogP contribution < -0.4 is 0 Å². The number of fused-ring (bicyclic) bond motifs is 14. The maximum absolute atomic E-state index is 2.30. The summed E-state index contributed by atoms with van der Waals surface area (Å²) in [6.07, 6.45) is 1.25. The van der Waals surface area contributed by atoms with Gasteiger partial charge < -0.3 is 0 Å². The molecule has 0 unspecified atom stereocenters. The van der Waals surface area contributed by atoms with Crippen LogP contribution in [0.4, 0.5) is 0 Å². The lowest BCUT2D eigenvalue weighted by Crippen LogP contribution is -1.93. The topological polar surface area (TPSA) is 0 Å². The Hall–Kier alpha value is -9.36. The molecule has 0 fully saturated rings. The third-order valence-electron chi connectivity index (χ3n) is 14.6. The van der Waals surface area contributed by atoms with Crippen LogP contribution in [0, 0.1) is 47.0 Å². The first-order valence-electron chi connectivity index (χ1n) is 31.6. The molecule has 0 spiro atoms. The molecule has 0 atom stereocenters. The molecule has 0 saturated heterocycles.